The minimum absolute atomic E-state index is 0.367. The van der Waals surface area contributed by atoms with Crippen molar-refractivity contribution in [3.8, 4) is 0 Å². The molecule has 2 nitrogen and oxygen atoms in total. The van der Waals surface area contributed by atoms with Crippen molar-refractivity contribution in [2.24, 2.45) is 0 Å². The zero-order valence-corrected chi connectivity index (χ0v) is 10.1. The Bertz CT molecular complexity index is 539. The topological polar surface area (TPSA) is 24.9 Å². The molecule has 3 heteroatoms. The molecule has 0 aliphatic heterocycles. The van der Waals surface area contributed by atoms with Crippen molar-refractivity contribution in [3.05, 3.63) is 58.9 Å². The van der Waals surface area contributed by atoms with Crippen molar-refractivity contribution in [2.45, 2.75) is 18.9 Å². The number of nitrogens with one attached hydrogen (secondary N) is 1. The molecule has 1 atom stereocenters. The van der Waals surface area contributed by atoms with Gasteiger partial charge < -0.3 is 5.32 Å². The molecule has 1 aromatic heterocycles. The third-order valence-electron chi connectivity index (χ3n) is 3.24. The van der Waals surface area contributed by atoms with E-state index in [1.54, 1.807) is 12.4 Å². The predicted octanol–water partition coefficient (Wildman–Crippen LogP) is 3.83. The summed E-state index contributed by atoms with van der Waals surface area (Å²) in [6.45, 7) is 0. The summed E-state index contributed by atoms with van der Waals surface area (Å²) in [5, 5.41) is 4.17. The Labute approximate surface area is 106 Å². The van der Waals surface area contributed by atoms with Gasteiger partial charge >= 0.3 is 0 Å². The maximum absolute atomic E-state index is 6.10. The van der Waals surface area contributed by atoms with Gasteiger partial charge in [-0.25, -0.2) is 0 Å². The minimum Gasteiger partial charge on any atom is -0.377 e. The number of hydrogen-bond acceptors (Lipinski definition) is 2. The number of benzene rings is 1. The number of halogens is 1. The van der Waals surface area contributed by atoms with Crippen LogP contribution in [0.3, 0.4) is 0 Å². The lowest BCUT2D eigenvalue weighted by molar-refractivity contribution is 0.762. The molecule has 86 valence electrons. The van der Waals surface area contributed by atoms with E-state index < -0.39 is 0 Å². The summed E-state index contributed by atoms with van der Waals surface area (Å²) in [6, 6.07) is 10.9. The summed E-state index contributed by atoms with van der Waals surface area (Å²) >= 11 is 6.10. The monoisotopic (exact) mass is 244 g/mol. The lowest BCUT2D eigenvalue weighted by Gasteiger charge is -2.16. The fourth-order valence-electron chi connectivity index (χ4n) is 2.39. The van der Waals surface area contributed by atoms with Gasteiger partial charge in [0, 0.05) is 12.4 Å². The van der Waals surface area contributed by atoms with Gasteiger partial charge in [0.05, 0.1) is 16.8 Å². The second-order valence-electron chi connectivity index (χ2n) is 4.29. The van der Waals surface area contributed by atoms with Crippen molar-refractivity contribution >= 4 is 17.3 Å². The summed E-state index contributed by atoms with van der Waals surface area (Å²) in [5.74, 6) is 0. The summed E-state index contributed by atoms with van der Waals surface area (Å²) < 4.78 is 0. The zero-order valence-electron chi connectivity index (χ0n) is 9.36. The molecule has 1 aliphatic rings. The maximum atomic E-state index is 6.10. The van der Waals surface area contributed by atoms with Crippen molar-refractivity contribution in [1.29, 1.82) is 0 Å². The minimum atomic E-state index is 0.367. The number of rotatable bonds is 2. The number of hydrogen-bond donors (Lipinski definition) is 1. The molecule has 1 N–H and O–H groups in total. The quantitative estimate of drug-likeness (QED) is 0.868. The molecule has 0 bridgehead atoms. The number of nitrogens with zero attached hydrogens (tertiary/aromatic N) is 1. The van der Waals surface area contributed by atoms with Crippen LogP contribution in [0, 0.1) is 0 Å². The Morgan fingerprint density at radius 3 is 3.00 bits per heavy atom. The molecular formula is C14H13ClN2. The zero-order chi connectivity index (χ0) is 11.7. The maximum Gasteiger partial charge on any atom is 0.0820 e. The van der Waals surface area contributed by atoms with Crippen molar-refractivity contribution in [3.63, 3.8) is 0 Å². The van der Waals surface area contributed by atoms with Crippen LogP contribution in [0.15, 0.2) is 42.7 Å². The van der Waals surface area contributed by atoms with E-state index in [0.29, 0.717) is 11.1 Å². The lowest BCUT2D eigenvalue weighted by atomic mass is 10.1. The van der Waals surface area contributed by atoms with Gasteiger partial charge in [-0.05, 0) is 30.0 Å². The first kappa shape index (κ1) is 10.6. The highest BCUT2D eigenvalue weighted by atomic mass is 35.5. The molecule has 0 amide bonds. The normalized spacial score (nSPS) is 17.8. The molecule has 0 radical (unpaired) electrons. The van der Waals surface area contributed by atoms with Crippen LogP contribution in [-0.2, 0) is 6.42 Å². The van der Waals surface area contributed by atoms with Gasteiger partial charge in [-0.2, -0.15) is 0 Å². The largest absolute Gasteiger partial charge is 0.377 e. The highest BCUT2D eigenvalue weighted by Crippen LogP contribution is 2.34. The highest BCUT2D eigenvalue weighted by Gasteiger charge is 2.21. The summed E-state index contributed by atoms with van der Waals surface area (Å²) in [7, 11) is 0. The van der Waals surface area contributed by atoms with Crippen molar-refractivity contribution < 1.29 is 0 Å². The first-order valence-electron chi connectivity index (χ1n) is 5.78. The third kappa shape index (κ3) is 2.01. The molecule has 1 aliphatic carbocycles. The molecule has 0 spiro atoms. The molecule has 2 aromatic rings. The highest BCUT2D eigenvalue weighted by molar-refractivity contribution is 6.33. The second-order valence-corrected chi connectivity index (χ2v) is 4.70. The van der Waals surface area contributed by atoms with Crippen molar-refractivity contribution in [1.82, 2.24) is 4.98 Å². The van der Waals surface area contributed by atoms with Gasteiger partial charge in [0.1, 0.15) is 0 Å². The van der Waals surface area contributed by atoms with E-state index in [9.17, 15) is 0 Å². The van der Waals surface area contributed by atoms with Crippen LogP contribution in [-0.4, -0.2) is 4.98 Å². The predicted molar refractivity (Wildman–Crippen MR) is 70.4 cm³/mol. The molecule has 0 saturated heterocycles. The van der Waals surface area contributed by atoms with Gasteiger partial charge in [-0.15, -0.1) is 0 Å². The Kier molecular flexibility index (Phi) is 2.73. The third-order valence-corrected chi connectivity index (χ3v) is 3.54. The van der Waals surface area contributed by atoms with Crippen LogP contribution < -0.4 is 5.32 Å². The van der Waals surface area contributed by atoms with Gasteiger partial charge in [0.2, 0.25) is 0 Å². The fraction of sp³-hybridized carbons (Fsp3) is 0.214. The molecule has 17 heavy (non-hydrogen) atoms. The van der Waals surface area contributed by atoms with Gasteiger partial charge in [0.15, 0.2) is 0 Å². The smallest absolute Gasteiger partial charge is 0.0820 e. The van der Waals surface area contributed by atoms with Crippen LogP contribution in [0.1, 0.15) is 23.6 Å². The standard InChI is InChI=1S/C14H13ClN2/c15-12-9-16-8-7-14(12)17-13-6-5-10-3-1-2-4-11(10)13/h1-4,7-9,13H,5-6H2,(H,16,17). The Morgan fingerprint density at radius 1 is 1.24 bits per heavy atom. The number of aromatic nitrogens is 1. The molecule has 0 saturated carbocycles. The summed E-state index contributed by atoms with van der Waals surface area (Å²) in [4.78, 5) is 3.99. The lowest BCUT2D eigenvalue weighted by Crippen LogP contribution is -2.07. The van der Waals surface area contributed by atoms with Crippen LogP contribution in [0.4, 0.5) is 5.69 Å². The van der Waals surface area contributed by atoms with Gasteiger partial charge in [-0.1, -0.05) is 35.9 Å². The Morgan fingerprint density at radius 2 is 2.12 bits per heavy atom. The van der Waals surface area contributed by atoms with E-state index in [0.717, 1.165) is 18.5 Å². The number of anilines is 1. The van der Waals surface area contributed by atoms with Gasteiger partial charge in [0.25, 0.3) is 0 Å². The SMILES string of the molecule is Clc1cnccc1NC1CCc2ccccc21. The van der Waals surface area contributed by atoms with E-state index >= 15 is 0 Å². The van der Waals surface area contributed by atoms with Crippen LogP contribution in [0.5, 0.6) is 0 Å². The van der Waals surface area contributed by atoms with E-state index in [4.69, 9.17) is 11.6 Å². The fourth-order valence-corrected chi connectivity index (χ4v) is 2.56. The number of fused-ring (bicyclic) bond motifs is 1. The molecule has 3 rings (SSSR count). The summed E-state index contributed by atoms with van der Waals surface area (Å²) in [5.41, 5.74) is 3.79. The second kappa shape index (κ2) is 4.38. The first-order valence-corrected chi connectivity index (χ1v) is 6.16. The van der Waals surface area contributed by atoms with Crippen LogP contribution >= 0.6 is 11.6 Å². The number of pyridine rings is 1. The molecule has 0 fully saturated rings. The van der Waals surface area contributed by atoms with Crippen molar-refractivity contribution in [2.75, 3.05) is 5.32 Å². The van der Waals surface area contributed by atoms with Gasteiger partial charge in [-0.3, -0.25) is 4.98 Å². The molecule has 1 aromatic carbocycles. The average molecular weight is 245 g/mol. The molecule has 1 heterocycles. The average Bonchev–Trinajstić information content (AvgIpc) is 2.76. The van der Waals surface area contributed by atoms with Crippen LogP contribution in [0.25, 0.3) is 0 Å². The van der Waals surface area contributed by atoms with E-state index in [1.165, 1.54) is 11.1 Å². The van der Waals surface area contributed by atoms with Crippen LogP contribution in [0.2, 0.25) is 5.02 Å². The summed E-state index contributed by atoms with van der Waals surface area (Å²) in [6.07, 6.45) is 5.69. The number of aryl methyl sites for hydroxylation is 1. The van der Waals surface area contributed by atoms with E-state index in [-0.39, 0.29) is 0 Å². The molecular weight excluding hydrogens is 232 g/mol. The Hall–Kier alpha value is -1.54. The van der Waals surface area contributed by atoms with E-state index in [1.807, 2.05) is 6.07 Å². The first-order chi connectivity index (χ1) is 8.34. The Balaban J connectivity index is 1.87. The van der Waals surface area contributed by atoms with E-state index in [2.05, 4.69) is 34.6 Å². The molecule has 1 unspecified atom stereocenters.